The maximum absolute atomic E-state index is 3.00. The van der Waals surface area contributed by atoms with E-state index in [-0.39, 0.29) is 71.1 Å². The molecule has 0 atom stereocenters. The van der Waals surface area contributed by atoms with Gasteiger partial charge >= 0.3 is 23.1 Å². The van der Waals surface area contributed by atoms with Crippen LogP contribution in [0, 0.1) is 6.07 Å². The van der Waals surface area contributed by atoms with Crippen LogP contribution in [0.3, 0.4) is 0 Å². The van der Waals surface area contributed by atoms with Gasteiger partial charge in [0.25, 0.3) is 0 Å². The van der Waals surface area contributed by atoms with Crippen molar-refractivity contribution in [3.8, 4) is 0 Å². The summed E-state index contributed by atoms with van der Waals surface area (Å²) >= 11 is 1.71. The minimum Gasteiger partial charge on any atom is -1.00 e. The summed E-state index contributed by atoms with van der Waals surface area (Å²) in [7, 11) is 0. The molecule has 0 N–H and O–H groups in total. The Hall–Kier alpha value is -1.91. The number of allylic oxidation sites excluding steroid dienone is 2. The van der Waals surface area contributed by atoms with Crippen molar-refractivity contribution in [2.24, 2.45) is 0 Å². The number of thiophene rings is 1. The molecule has 0 fully saturated rings. The predicted octanol–water partition coefficient (Wildman–Crippen LogP) is 10.5. The first-order chi connectivity index (χ1) is 19.3. The molecule has 0 bridgehead atoms. The van der Waals surface area contributed by atoms with Crippen molar-refractivity contribution >= 4 is 46.5 Å². The predicted molar refractivity (Wildman–Crippen MR) is 207 cm³/mol. The molecular formula is C42H61BrMgS. The molecule has 0 aliphatic heterocycles. The second-order valence-electron chi connectivity index (χ2n) is 12.8. The summed E-state index contributed by atoms with van der Waals surface area (Å²) in [6.07, 6.45) is 8.49. The summed E-state index contributed by atoms with van der Waals surface area (Å²) in [5, 5.41) is 4.08. The van der Waals surface area contributed by atoms with Gasteiger partial charge in [-0.05, 0) is 49.3 Å². The number of hydrogen-bond donors (Lipinski definition) is 0. The maximum Gasteiger partial charge on any atom is 2.00 e. The Kier molecular flexibility index (Phi) is 28.0. The fourth-order valence-electron chi connectivity index (χ4n) is 3.64. The molecule has 0 radical (unpaired) electrons. The van der Waals surface area contributed by atoms with Crippen molar-refractivity contribution in [3.05, 3.63) is 142 Å². The van der Waals surface area contributed by atoms with Crippen LogP contribution in [0.15, 0.2) is 108 Å². The molecule has 0 saturated heterocycles. The molecule has 0 aliphatic rings. The van der Waals surface area contributed by atoms with Gasteiger partial charge in [-0.2, -0.15) is 47.2 Å². The van der Waals surface area contributed by atoms with Crippen LogP contribution in [-0.4, -0.2) is 23.1 Å². The molecule has 3 aromatic carbocycles. The Morgan fingerprint density at radius 1 is 0.511 bits per heavy atom. The Morgan fingerprint density at radius 3 is 1.02 bits per heavy atom. The van der Waals surface area contributed by atoms with E-state index in [1.165, 1.54) is 27.8 Å². The second-order valence-corrected chi connectivity index (χ2v) is 13.6. The summed E-state index contributed by atoms with van der Waals surface area (Å²) in [5.41, 5.74) is 7.26. The third-order valence-electron chi connectivity index (χ3n) is 6.25. The fraction of sp³-hybridized carbons (Fsp3) is 0.381. The third kappa shape index (κ3) is 21.5. The second kappa shape index (κ2) is 25.2. The zero-order valence-corrected chi connectivity index (χ0v) is 32.4. The topological polar surface area (TPSA) is 0 Å². The SMILES string of the molecule is C.C.CC.CC(C)(C)c1cc[c-]cc1.CC(C)(C)c1ccc(/C=C/C=C/c2ccc(C(C)(C)C)cc2)cc1.[Br-].[Mg+2].c1ccsc1. The van der Waals surface area contributed by atoms with Crippen molar-refractivity contribution in [2.45, 2.75) is 107 Å². The average Bonchev–Trinajstić information content (AvgIpc) is 3.53. The molecule has 4 aromatic rings. The Bertz CT molecular complexity index is 1170. The molecule has 0 saturated carbocycles. The first kappa shape index (κ1) is 50.0. The van der Waals surface area contributed by atoms with Crippen molar-refractivity contribution in [2.75, 3.05) is 0 Å². The normalized spacial score (nSPS) is 10.6. The number of halogens is 1. The summed E-state index contributed by atoms with van der Waals surface area (Å²) in [6, 6.07) is 32.8. The van der Waals surface area contributed by atoms with Gasteiger partial charge in [-0.15, -0.1) is 0 Å². The summed E-state index contributed by atoms with van der Waals surface area (Å²) < 4.78 is 0. The van der Waals surface area contributed by atoms with Crippen LogP contribution < -0.4 is 17.0 Å². The van der Waals surface area contributed by atoms with Crippen LogP contribution in [0.1, 0.15) is 119 Å². The van der Waals surface area contributed by atoms with Gasteiger partial charge in [0.1, 0.15) is 0 Å². The Morgan fingerprint density at radius 2 is 0.800 bits per heavy atom. The van der Waals surface area contributed by atoms with Crippen LogP contribution in [0.4, 0.5) is 0 Å². The van der Waals surface area contributed by atoms with Crippen LogP contribution in [-0.2, 0) is 16.2 Å². The van der Waals surface area contributed by atoms with Gasteiger partial charge in [0.05, 0.1) is 0 Å². The first-order valence-electron chi connectivity index (χ1n) is 14.8. The van der Waals surface area contributed by atoms with E-state index < -0.39 is 0 Å². The first-order valence-corrected chi connectivity index (χ1v) is 15.7. The van der Waals surface area contributed by atoms with E-state index >= 15 is 0 Å². The summed E-state index contributed by atoms with van der Waals surface area (Å²) in [4.78, 5) is 0. The van der Waals surface area contributed by atoms with Crippen molar-refractivity contribution in [3.63, 3.8) is 0 Å². The molecule has 4 rings (SSSR count). The largest absolute Gasteiger partial charge is 2.00 e. The number of hydrogen-bond acceptors (Lipinski definition) is 1. The Labute approximate surface area is 310 Å². The molecule has 0 amide bonds. The minimum absolute atomic E-state index is 0. The molecule has 45 heavy (non-hydrogen) atoms. The maximum atomic E-state index is 3.00. The average molecular weight is 702 g/mol. The molecular weight excluding hydrogens is 641 g/mol. The molecule has 0 aliphatic carbocycles. The molecule has 244 valence electrons. The van der Waals surface area contributed by atoms with Crippen LogP contribution in [0.2, 0.25) is 0 Å². The zero-order valence-electron chi connectivity index (χ0n) is 28.5. The van der Waals surface area contributed by atoms with Gasteiger partial charge in [-0.3, -0.25) is 0 Å². The van der Waals surface area contributed by atoms with Gasteiger partial charge < -0.3 is 17.0 Å². The minimum atomic E-state index is 0. The van der Waals surface area contributed by atoms with E-state index in [9.17, 15) is 0 Å². The van der Waals surface area contributed by atoms with Gasteiger partial charge in [0.2, 0.25) is 0 Å². The third-order valence-corrected chi connectivity index (χ3v) is 6.88. The van der Waals surface area contributed by atoms with Crippen molar-refractivity contribution in [1.82, 2.24) is 0 Å². The molecule has 0 unspecified atom stereocenters. The summed E-state index contributed by atoms with van der Waals surface area (Å²) in [5.74, 6) is 0. The smallest absolute Gasteiger partial charge is 1.00 e. The quantitative estimate of drug-likeness (QED) is 0.113. The van der Waals surface area contributed by atoms with E-state index in [4.69, 9.17) is 0 Å². The van der Waals surface area contributed by atoms with E-state index in [1.54, 1.807) is 11.3 Å². The molecule has 1 heterocycles. The molecule has 0 spiro atoms. The Balaban J connectivity index is -0.000000333. The van der Waals surface area contributed by atoms with Gasteiger partial charge in [-0.1, -0.05) is 176 Å². The van der Waals surface area contributed by atoms with Crippen LogP contribution in [0.25, 0.3) is 12.2 Å². The van der Waals surface area contributed by atoms with Gasteiger partial charge in [-0.25, -0.2) is 0 Å². The van der Waals surface area contributed by atoms with E-state index in [0.29, 0.717) is 0 Å². The number of benzene rings is 3. The summed E-state index contributed by atoms with van der Waals surface area (Å²) in [6.45, 7) is 24.1. The fourth-order valence-corrected chi connectivity index (χ4v) is 4.09. The van der Waals surface area contributed by atoms with Crippen molar-refractivity contribution in [1.29, 1.82) is 0 Å². The van der Waals surface area contributed by atoms with Crippen LogP contribution >= 0.6 is 11.3 Å². The van der Waals surface area contributed by atoms with E-state index in [1.807, 2.05) is 48.9 Å². The van der Waals surface area contributed by atoms with Crippen LogP contribution in [0.5, 0.6) is 0 Å². The standard InChI is InChI=1S/C24H30.C10H13.C4H4S.C2H6.2CH4.BrH.Mg/c1-23(2,3)21-15-11-19(12-16-21)9-7-8-10-20-13-17-22(18-14-20)24(4,5)6;1-10(2,3)9-7-5-4-6-8-9;1-2-4-5-3-1;1-2;;;;/h7-18H,1-6H3;5-8H,1-3H3;1-4H;1-2H3;2*1H4;1H;/q;-1;;;;;;+2/p-1/b9-7+,10-8+;;;;;;;. The van der Waals surface area contributed by atoms with Gasteiger partial charge in [0, 0.05) is 0 Å². The van der Waals surface area contributed by atoms with E-state index in [0.717, 1.165) is 0 Å². The monoisotopic (exact) mass is 700 g/mol. The molecule has 0 nitrogen and oxygen atoms in total. The van der Waals surface area contributed by atoms with E-state index in [2.05, 4.69) is 153 Å². The van der Waals surface area contributed by atoms with Gasteiger partial charge in [0.15, 0.2) is 0 Å². The number of rotatable bonds is 3. The molecule has 1 aromatic heterocycles. The van der Waals surface area contributed by atoms with Crippen molar-refractivity contribution < 1.29 is 17.0 Å². The molecule has 3 heteroatoms. The zero-order chi connectivity index (χ0) is 30.9.